The molecule has 1 saturated heterocycles. The topological polar surface area (TPSA) is 102 Å². The van der Waals surface area contributed by atoms with Gasteiger partial charge in [0, 0.05) is 12.0 Å². The number of nitrogens with zero attached hydrogens (tertiary/aromatic N) is 1. The summed E-state index contributed by atoms with van der Waals surface area (Å²) in [7, 11) is 3.89. The molecule has 1 fully saturated rings. The maximum absolute atomic E-state index is 12.4. The Morgan fingerprint density at radius 2 is 2.00 bits per heavy atom. The molecule has 0 spiro atoms. The van der Waals surface area contributed by atoms with Gasteiger partial charge in [-0.15, -0.1) is 0 Å². The molecule has 1 radical (unpaired) electrons. The summed E-state index contributed by atoms with van der Waals surface area (Å²) < 4.78 is 5.52. The molecule has 1 heterocycles. The van der Waals surface area contributed by atoms with Crippen LogP contribution in [0.15, 0.2) is 30.3 Å². The summed E-state index contributed by atoms with van der Waals surface area (Å²) in [5.74, 6) is -0.949. The van der Waals surface area contributed by atoms with Crippen LogP contribution < -0.4 is 11.1 Å². The molecule has 3 atom stereocenters. The first-order valence-electron chi connectivity index (χ1n) is 9.98. The van der Waals surface area contributed by atoms with E-state index in [1.54, 1.807) is 6.92 Å². The number of amides is 2. The molecule has 1 aliphatic rings. The van der Waals surface area contributed by atoms with E-state index in [2.05, 4.69) is 5.32 Å². The number of ether oxygens (including phenoxy) is 1. The van der Waals surface area contributed by atoms with Crippen molar-refractivity contribution in [2.75, 3.05) is 27.2 Å². The fraction of sp³-hybridized carbons (Fsp3) is 0.545. The number of nitrogens with one attached hydrogen (secondary N) is 1. The molecule has 159 valence electrons. The standard InChI is InChI=1S/C22H32N3O4/c1-22(21(23)28,12-9-16-7-5-4-6-8-16)13-10-19(27)24-20-17(26)15-29-18(20)11-14-25(2)3/h4-8,10,18,20H,9,11-15H2,1-3H3,(H2,23,28)(H,24,27). The fourth-order valence-electron chi connectivity index (χ4n) is 3.31. The second-order valence-electron chi connectivity index (χ2n) is 8.21. The van der Waals surface area contributed by atoms with Gasteiger partial charge in [0.2, 0.25) is 11.8 Å². The Hall–Kier alpha value is -2.25. The molecule has 1 aromatic rings. The van der Waals surface area contributed by atoms with Gasteiger partial charge in [0.25, 0.3) is 0 Å². The number of primary amides is 1. The average Bonchev–Trinajstić information content (AvgIpc) is 3.03. The first-order chi connectivity index (χ1) is 13.7. The van der Waals surface area contributed by atoms with Gasteiger partial charge in [0.15, 0.2) is 5.78 Å². The lowest BCUT2D eigenvalue weighted by Gasteiger charge is -2.26. The number of rotatable bonds is 11. The van der Waals surface area contributed by atoms with Crippen molar-refractivity contribution in [1.82, 2.24) is 10.2 Å². The van der Waals surface area contributed by atoms with E-state index < -0.39 is 17.4 Å². The van der Waals surface area contributed by atoms with E-state index in [0.29, 0.717) is 19.3 Å². The zero-order valence-corrected chi connectivity index (χ0v) is 17.5. The quantitative estimate of drug-likeness (QED) is 0.577. The first-order valence-corrected chi connectivity index (χ1v) is 9.98. The predicted octanol–water partition coefficient (Wildman–Crippen LogP) is 1.11. The number of benzene rings is 1. The van der Waals surface area contributed by atoms with E-state index in [-0.39, 0.29) is 30.8 Å². The third kappa shape index (κ3) is 6.94. The highest BCUT2D eigenvalue weighted by molar-refractivity contribution is 5.94. The molecule has 1 aliphatic heterocycles. The van der Waals surface area contributed by atoms with E-state index in [0.717, 1.165) is 12.1 Å². The average molecular weight is 403 g/mol. The fourth-order valence-corrected chi connectivity index (χ4v) is 3.31. The van der Waals surface area contributed by atoms with Crippen molar-refractivity contribution in [3.8, 4) is 0 Å². The van der Waals surface area contributed by atoms with E-state index >= 15 is 0 Å². The molecule has 0 saturated carbocycles. The molecule has 7 heteroatoms. The van der Waals surface area contributed by atoms with Gasteiger partial charge < -0.3 is 20.7 Å². The molecule has 1 aromatic carbocycles. The van der Waals surface area contributed by atoms with Crippen LogP contribution in [0.4, 0.5) is 0 Å². The Morgan fingerprint density at radius 3 is 2.62 bits per heavy atom. The van der Waals surface area contributed by atoms with Gasteiger partial charge in [-0.05, 0) is 45.3 Å². The lowest BCUT2D eigenvalue weighted by Crippen LogP contribution is -2.46. The zero-order chi connectivity index (χ0) is 21.4. The number of aryl methyl sites for hydroxylation is 1. The summed E-state index contributed by atoms with van der Waals surface area (Å²) in [4.78, 5) is 38.6. The summed E-state index contributed by atoms with van der Waals surface area (Å²) >= 11 is 0. The molecule has 0 aromatic heterocycles. The molecule has 0 aliphatic carbocycles. The normalized spacial score (nSPS) is 21.2. The van der Waals surface area contributed by atoms with Crippen LogP contribution in [0.25, 0.3) is 0 Å². The largest absolute Gasteiger partial charge is 0.369 e. The number of Topliss-reactive ketones (excluding diaryl/α,β-unsaturated/α-hetero) is 1. The molecule has 3 N–H and O–H groups in total. The molecular formula is C22H32N3O4. The van der Waals surface area contributed by atoms with Crippen LogP contribution in [0.3, 0.4) is 0 Å². The maximum Gasteiger partial charge on any atom is 0.224 e. The predicted molar refractivity (Wildman–Crippen MR) is 111 cm³/mol. The summed E-state index contributed by atoms with van der Waals surface area (Å²) in [6.45, 7) is 2.54. The molecule has 2 rings (SSSR count). The van der Waals surface area contributed by atoms with Crippen LogP contribution in [-0.4, -0.2) is 61.9 Å². The summed E-state index contributed by atoms with van der Waals surface area (Å²) in [6, 6.07) is 9.18. The Morgan fingerprint density at radius 1 is 1.31 bits per heavy atom. The zero-order valence-electron chi connectivity index (χ0n) is 17.5. The number of carbonyl (C=O) groups excluding carboxylic acids is 3. The number of nitrogens with two attached hydrogens (primary N) is 1. The molecular weight excluding hydrogens is 370 g/mol. The first kappa shape index (κ1) is 23.0. The summed E-state index contributed by atoms with van der Waals surface area (Å²) in [5, 5.41) is 2.75. The van der Waals surface area contributed by atoms with Crippen molar-refractivity contribution in [3.05, 3.63) is 42.3 Å². The van der Waals surface area contributed by atoms with Crippen molar-refractivity contribution in [3.63, 3.8) is 0 Å². The number of hydrogen-bond acceptors (Lipinski definition) is 5. The van der Waals surface area contributed by atoms with Crippen LogP contribution in [0.1, 0.15) is 31.7 Å². The number of ketones is 1. The van der Waals surface area contributed by atoms with Gasteiger partial charge in [0.1, 0.15) is 12.6 Å². The van der Waals surface area contributed by atoms with Crippen LogP contribution in [-0.2, 0) is 25.5 Å². The Bertz CT molecular complexity index is 707. The highest BCUT2D eigenvalue weighted by Gasteiger charge is 2.37. The van der Waals surface area contributed by atoms with Gasteiger partial charge in [-0.25, -0.2) is 0 Å². The van der Waals surface area contributed by atoms with Crippen molar-refractivity contribution >= 4 is 17.6 Å². The van der Waals surface area contributed by atoms with E-state index in [1.807, 2.05) is 49.3 Å². The van der Waals surface area contributed by atoms with E-state index in [9.17, 15) is 14.4 Å². The molecule has 3 unspecified atom stereocenters. The molecule has 7 nitrogen and oxygen atoms in total. The molecule has 2 amide bonds. The van der Waals surface area contributed by atoms with E-state index in [4.69, 9.17) is 10.5 Å². The van der Waals surface area contributed by atoms with E-state index in [1.165, 1.54) is 6.42 Å². The Kier molecular flexibility index (Phi) is 8.34. The van der Waals surface area contributed by atoms with Gasteiger partial charge in [-0.3, -0.25) is 14.4 Å². The van der Waals surface area contributed by atoms with Gasteiger partial charge in [-0.2, -0.15) is 0 Å². The highest BCUT2D eigenvalue weighted by Crippen LogP contribution is 2.29. The minimum Gasteiger partial charge on any atom is -0.369 e. The van der Waals surface area contributed by atoms with Crippen LogP contribution in [0, 0.1) is 11.8 Å². The minimum absolute atomic E-state index is 0.0130. The monoisotopic (exact) mass is 402 g/mol. The molecule has 29 heavy (non-hydrogen) atoms. The number of carbonyl (C=O) groups is 3. The maximum atomic E-state index is 12.4. The second-order valence-corrected chi connectivity index (χ2v) is 8.21. The summed E-state index contributed by atoms with van der Waals surface area (Å²) in [5.41, 5.74) is 5.90. The smallest absolute Gasteiger partial charge is 0.224 e. The van der Waals surface area contributed by atoms with Crippen molar-refractivity contribution in [2.45, 2.75) is 44.8 Å². The van der Waals surface area contributed by atoms with Crippen molar-refractivity contribution in [1.29, 1.82) is 0 Å². The van der Waals surface area contributed by atoms with Crippen molar-refractivity contribution in [2.24, 2.45) is 11.1 Å². The minimum atomic E-state index is -0.840. The lowest BCUT2D eigenvalue weighted by atomic mass is 9.79. The van der Waals surface area contributed by atoms with Crippen LogP contribution in [0.5, 0.6) is 0 Å². The Labute approximate surface area is 173 Å². The van der Waals surface area contributed by atoms with Crippen LogP contribution in [0.2, 0.25) is 0 Å². The highest BCUT2D eigenvalue weighted by atomic mass is 16.5. The second kappa shape index (κ2) is 10.5. The van der Waals surface area contributed by atoms with Crippen LogP contribution >= 0.6 is 0 Å². The third-order valence-electron chi connectivity index (χ3n) is 5.46. The number of hydrogen-bond donors (Lipinski definition) is 2. The molecule has 0 bridgehead atoms. The SMILES string of the molecule is CN(C)CCC1OCC(=O)C1NC(=O)[CH]CC(C)(CCc1ccccc1)C(N)=O. The van der Waals surface area contributed by atoms with Gasteiger partial charge in [0.05, 0.1) is 12.5 Å². The van der Waals surface area contributed by atoms with Gasteiger partial charge >= 0.3 is 0 Å². The Balaban J connectivity index is 1.88. The van der Waals surface area contributed by atoms with Crippen molar-refractivity contribution < 1.29 is 19.1 Å². The summed E-state index contributed by atoms with van der Waals surface area (Å²) in [6.07, 6.45) is 3.18. The lowest BCUT2D eigenvalue weighted by molar-refractivity contribution is -0.128. The van der Waals surface area contributed by atoms with Gasteiger partial charge in [-0.1, -0.05) is 37.3 Å². The third-order valence-corrected chi connectivity index (χ3v) is 5.46.